The molecule has 0 saturated carbocycles. The minimum atomic E-state index is -4.13. The van der Waals surface area contributed by atoms with E-state index in [1.807, 2.05) is 0 Å². The quantitative estimate of drug-likeness (QED) is 0.741. The highest BCUT2D eigenvalue weighted by molar-refractivity contribution is 7.94. The lowest BCUT2D eigenvalue weighted by atomic mass is 10.2. The molecule has 1 aromatic rings. The molecular formula is C12H15NO7S. The Balaban J connectivity index is 3.18. The number of benzene rings is 1. The second-order valence-electron chi connectivity index (χ2n) is 4.03. The van der Waals surface area contributed by atoms with Gasteiger partial charge in [0.05, 0.1) is 25.5 Å². The van der Waals surface area contributed by atoms with Gasteiger partial charge in [-0.1, -0.05) is 0 Å². The Hall–Kier alpha value is -2.29. The SMILES string of the molecule is COC(=O)C(C)S(=O)(=O)Nc1ccc(OC)cc1C(=O)O. The molecule has 0 bridgehead atoms. The van der Waals surface area contributed by atoms with Crippen LogP contribution in [0.5, 0.6) is 5.75 Å². The van der Waals surface area contributed by atoms with E-state index in [9.17, 15) is 18.0 Å². The number of hydrogen-bond donors (Lipinski definition) is 2. The number of rotatable bonds is 6. The highest BCUT2D eigenvalue weighted by atomic mass is 32.2. The summed E-state index contributed by atoms with van der Waals surface area (Å²) >= 11 is 0. The third kappa shape index (κ3) is 3.85. The van der Waals surface area contributed by atoms with E-state index in [0.29, 0.717) is 0 Å². The third-order valence-corrected chi connectivity index (χ3v) is 4.34. The molecule has 21 heavy (non-hydrogen) atoms. The second kappa shape index (κ2) is 6.44. The standard InChI is InChI=1S/C12H15NO7S/c1-7(12(16)20-3)21(17,18)13-10-5-4-8(19-2)6-9(10)11(14)15/h4-7,13H,1-3H3,(H,14,15). The van der Waals surface area contributed by atoms with Crippen LogP contribution >= 0.6 is 0 Å². The van der Waals surface area contributed by atoms with Crippen LogP contribution in [0, 0.1) is 0 Å². The van der Waals surface area contributed by atoms with Crippen molar-refractivity contribution in [2.75, 3.05) is 18.9 Å². The molecule has 1 unspecified atom stereocenters. The average Bonchev–Trinajstić information content (AvgIpc) is 2.45. The Kier molecular flexibility index (Phi) is 5.14. The Labute approximate surface area is 121 Å². The number of carboxylic acids is 1. The van der Waals surface area contributed by atoms with Crippen molar-refractivity contribution in [1.82, 2.24) is 0 Å². The van der Waals surface area contributed by atoms with Crippen molar-refractivity contribution in [2.45, 2.75) is 12.2 Å². The van der Waals surface area contributed by atoms with Crippen LogP contribution in [0.15, 0.2) is 18.2 Å². The van der Waals surface area contributed by atoms with Gasteiger partial charge in [0.15, 0.2) is 5.25 Å². The average molecular weight is 317 g/mol. The van der Waals surface area contributed by atoms with Gasteiger partial charge in [-0.15, -0.1) is 0 Å². The first kappa shape index (κ1) is 16.8. The Morgan fingerprint density at radius 1 is 1.29 bits per heavy atom. The lowest BCUT2D eigenvalue weighted by molar-refractivity contribution is -0.139. The van der Waals surface area contributed by atoms with Crippen molar-refractivity contribution >= 4 is 27.6 Å². The number of methoxy groups -OCH3 is 2. The molecule has 8 nitrogen and oxygen atoms in total. The van der Waals surface area contributed by atoms with Gasteiger partial charge in [0.25, 0.3) is 0 Å². The highest BCUT2D eigenvalue weighted by Crippen LogP contribution is 2.24. The molecule has 9 heteroatoms. The second-order valence-corrected chi connectivity index (χ2v) is 6.03. The number of ether oxygens (including phenoxy) is 2. The number of anilines is 1. The zero-order valence-electron chi connectivity index (χ0n) is 11.6. The molecule has 0 aliphatic rings. The normalized spacial score (nSPS) is 12.3. The summed E-state index contributed by atoms with van der Waals surface area (Å²) in [7, 11) is -1.72. The van der Waals surface area contributed by atoms with Gasteiger partial charge in [-0.2, -0.15) is 0 Å². The van der Waals surface area contributed by atoms with E-state index in [1.54, 1.807) is 0 Å². The molecule has 2 N–H and O–H groups in total. The number of sulfonamides is 1. The van der Waals surface area contributed by atoms with Crippen LogP contribution in [0.1, 0.15) is 17.3 Å². The third-order valence-electron chi connectivity index (χ3n) is 2.71. The Morgan fingerprint density at radius 2 is 1.90 bits per heavy atom. The van der Waals surface area contributed by atoms with Gasteiger partial charge in [0.2, 0.25) is 10.0 Å². The van der Waals surface area contributed by atoms with Crippen LogP contribution < -0.4 is 9.46 Å². The van der Waals surface area contributed by atoms with E-state index in [0.717, 1.165) is 14.0 Å². The van der Waals surface area contributed by atoms with E-state index in [1.165, 1.54) is 25.3 Å². The molecule has 0 heterocycles. The van der Waals surface area contributed by atoms with Gasteiger partial charge >= 0.3 is 11.9 Å². The number of nitrogens with one attached hydrogen (secondary N) is 1. The molecule has 0 amide bonds. The number of esters is 1. The van der Waals surface area contributed by atoms with Crippen molar-refractivity contribution in [2.24, 2.45) is 0 Å². The van der Waals surface area contributed by atoms with Crippen LogP contribution in [0.3, 0.4) is 0 Å². The first-order valence-corrected chi connectivity index (χ1v) is 7.28. The smallest absolute Gasteiger partial charge is 0.337 e. The van der Waals surface area contributed by atoms with E-state index < -0.39 is 27.2 Å². The lowest BCUT2D eigenvalue weighted by Gasteiger charge is -2.15. The fourth-order valence-corrected chi connectivity index (χ4v) is 2.46. The van der Waals surface area contributed by atoms with Gasteiger partial charge in [-0.25, -0.2) is 13.2 Å². The number of carboxylic acid groups (broad SMARTS) is 1. The minimum absolute atomic E-state index is 0.168. The molecule has 0 aromatic heterocycles. The van der Waals surface area contributed by atoms with Crippen molar-refractivity contribution in [3.05, 3.63) is 23.8 Å². The van der Waals surface area contributed by atoms with Crippen molar-refractivity contribution in [3.63, 3.8) is 0 Å². The fourth-order valence-electron chi connectivity index (χ4n) is 1.45. The predicted octanol–water partition coefficient (Wildman–Crippen LogP) is 0.697. The lowest BCUT2D eigenvalue weighted by Crippen LogP contribution is -2.33. The van der Waals surface area contributed by atoms with Crippen LogP contribution in [-0.4, -0.2) is 44.9 Å². The zero-order chi connectivity index (χ0) is 16.2. The van der Waals surface area contributed by atoms with E-state index in [2.05, 4.69) is 9.46 Å². The summed E-state index contributed by atoms with van der Waals surface area (Å²) in [5.41, 5.74) is -0.464. The van der Waals surface area contributed by atoms with Crippen LogP contribution in [0.2, 0.25) is 0 Å². The van der Waals surface area contributed by atoms with E-state index >= 15 is 0 Å². The Morgan fingerprint density at radius 3 is 2.38 bits per heavy atom. The van der Waals surface area contributed by atoms with Crippen molar-refractivity contribution in [3.8, 4) is 5.75 Å². The minimum Gasteiger partial charge on any atom is -0.497 e. The molecule has 1 aromatic carbocycles. The molecule has 0 spiro atoms. The van der Waals surface area contributed by atoms with Gasteiger partial charge < -0.3 is 14.6 Å². The van der Waals surface area contributed by atoms with Crippen LogP contribution in [-0.2, 0) is 19.6 Å². The van der Waals surface area contributed by atoms with Gasteiger partial charge in [-0.05, 0) is 25.1 Å². The van der Waals surface area contributed by atoms with Gasteiger partial charge in [0.1, 0.15) is 5.75 Å². The topological polar surface area (TPSA) is 119 Å². The molecule has 116 valence electrons. The maximum absolute atomic E-state index is 12.0. The zero-order valence-corrected chi connectivity index (χ0v) is 12.4. The predicted molar refractivity (Wildman–Crippen MR) is 74.0 cm³/mol. The fraction of sp³-hybridized carbons (Fsp3) is 0.333. The number of carbonyl (C=O) groups is 2. The molecule has 1 rings (SSSR count). The maximum Gasteiger partial charge on any atom is 0.337 e. The largest absolute Gasteiger partial charge is 0.497 e. The maximum atomic E-state index is 12.0. The van der Waals surface area contributed by atoms with Crippen LogP contribution in [0.25, 0.3) is 0 Å². The number of carbonyl (C=O) groups excluding carboxylic acids is 1. The summed E-state index contributed by atoms with van der Waals surface area (Å²) in [6.45, 7) is 1.14. The number of aromatic carboxylic acids is 1. The summed E-state index contributed by atoms with van der Waals surface area (Å²) in [5.74, 6) is -2.03. The first-order valence-electron chi connectivity index (χ1n) is 5.73. The van der Waals surface area contributed by atoms with Crippen molar-refractivity contribution < 1.29 is 32.6 Å². The van der Waals surface area contributed by atoms with Gasteiger partial charge in [0, 0.05) is 0 Å². The summed E-state index contributed by atoms with van der Waals surface area (Å²) in [5, 5.41) is 7.61. The molecule has 0 aliphatic heterocycles. The summed E-state index contributed by atoms with van der Waals surface area (Å²) in [4.78, 5) is 22.4. The Bertz CT molecular complexity index is 654. The number of hydrogen-bond acceptors (Lipinski definition) is 6. The van der Waals surface area contributed by atoms with E-state index in [-0.39, 0.29) is 17.0 Å². The summed E-state index contributed by atoms with van der Waals surface area (Å²) in [6, 6.07) is 3.81. The first-order chi connectivity index (χ1) is 9.72. The van der Waals surface area contributed by atoms with E-state index in [4.69, 9.17) is 9.84 Å². The van der Waals surface area contributed by atoms with Gasteiger partial charge in [-0.3, -0.25) is 9.52 Å². The summed E-state index contributed by atoms with van der Waals surface area (Å²) in [6.07, 6.45) is 0. The molecule has 0 fully saturated rings. The summed E-state index contributed by atoms with van der Waals surface area (Å²) < 4.78 is 35.3. The highest BCUT2D eigenvalue weighted by Gasteiger charge is 2.30. The van der Waals surface area contributed by atoms with Crippen molar-refractivity contribution in [1.29, 1.82) is 0 Å². The molecule has 1 atom stereocenters. The molecular weight excluding hydrogens is 302 g/mol. The molecule has 0 saturated heterocycles. The molecule has 0 radical (unpaired) electrons. The monoisotopic (exact) mass is 317 g/mol. The van der Waals surface area contributed by atoms with Crippen LogP contribution in [0.4, 0.5) is 5.69 Å². The molecule has 0 aliphatic carbocycles.